The van der Waals surface area contributed by atoms with E-state index >= 15 is 0 Å². The van der Waals surface area contributed by atoms with Crippen LogP contribution >= 0.6 is 0 Å². The maximum absolute atomic E-state index is 5.27. The molecule has 0 amide bonds. The first-order valence-corrected chi connectivity index (χ1v) is 21.7. The number of nitrogens with zero attached hydrogens (tertiary/aromatic N) is 5. The molecule has 0 fully saturated rings. The Kier molecular flexibility index (Phi) is 8.15. The van der Waals surface area contributed by atoms with E-state index < -0.39 is 0 Å². The number of hydrogen-bond acceptors (Lipinski definition) is 3. The van der Waals surface area contributed by atoms with Crippen LogP contribution in [0.1, 0.15) is 0 Å². The first kappa shape index (κ1) is 36.0. The molecule has 0 aliphatic rings. The highest BCUT2D eigenvalue weighted by Gasteiger charge is 2.21. The van der Waals surface area contributed by atoms with E-state index in [1.807, 2.05) is 24.3 Å². The van der Waals surface area contributed by atoms with Crippen molar-refractivity contribution in [1.82, 2.24) is 24.1 Å². The van der Waals surface area contributed by atoms with Gasteiger partial charge in [-0.3, -0.25) is 0 Å². The molecule has 0 saturated heterocycles. The van der Waals surface area contributed by atoms with E-state index in [0.29, 0.717) is 17.5 Å². The van der Waals surface area contributed by atoms with Gasteiger partial charge in [0.25, 0.3) is 0 Å². The largest absolute Gasteiger partial charge is 0.309 e. The van der Waals surface area contributed by atoms with Gasteiger partial charge in [-0.1, -0.05) is 164 Å². The summed E-state index contributed by atoms with van der Waals surface area (Å²) in [5.74, 6) is 1.85. The van der Waals surface area contributed by atoms with Gasteiger partial charge in [-0.15, -0.1) is 0 Å². The van der Waals surface area contributed by atoms with Crippen LogP contribution in [-0.4, -0.2) is 24.1 Å². The van der Waals surface area contributed by atoms with Crippen molar-refractivity contribution in [2.24, 2.45) is 0 Å². The molecule has 0 aliphatic carbocycles. The molecule has 0 saturated carbocycles. The fraction of sp³-hybridized carbons (Fsp3) is 0. The lowest BCUT2D eigenvalue weighted by molar-refractivity contribution is 1.06. The van der Waals surface area contributed by atoms with Crippen LogP contribution in [0.2, 0.25) is 0 Å². The zero-order chi connectivity index (χ0) is 42.1. The van der Waals surface area contributed by atoms with Crippen LogP contribution in [0.15, 0.2) is 224 Å². The van der Waals surface area contributed by atoms with Crippen LogP contribution in [0.5, 0.6) is 0 Å². The highest BCUT2D eigenvalue weighted by Crippen LogP contribution is 2.41. The smallest absolute Gasteiger partial charge is 0.166 e. The second-order valence-corrected chi connectivity index (χ2v) is 16.5. The monoisotopic (exact) mass is 815 g/mol. The van der Waals surface area contributed by atoms with Crippen molar-refractivity contribution in [3.05, 3.63) is 224 Å². The molecule has 0 radical (unpaired) electrons. The van der Waals surface area contributed by atoms with E-state index in [4.69, 9.17) is 15.0 Å². The number of fused-ring (bicyclic) bond motifs is 8. The lowest BCUT2D eigenvalue weighted by Crippen LogP contribution is -2.03. The molecule has 0 spiro atoms. The van der Waals surface area contributed by atoms with Crippen molar-refractivity contribution in [2.75, 3.05) is 0 Å². The van der Waals surface area contributed by atoms with Crippen molar-refractivity contribution in [2.45, 2.75) is 0 Å². The number of hydrogen-bond donors (Lipinski definition) is 0. The van der Waals surface area contributed by atoms with Gasteiger partial charge in [0.2, 0.25) is 0 Å². The first-order valence-electron chi connectivity index (χ1n) is 21.7. The third-order valence-corrected chi connectivity index (χ3v) is 12.7. The average Bonchev–Trinajstić information content (AvgIpc) is 3.86. The number of para-hydroxylation sites is 2. The minimum atomic E-state index is 0.608. The summed E-state index contributed by atoms with van der Waals surface area (Å²) in [5.41, 5.74) is 11.8. The van der Waals surface area contributed by atoms with Gasteiger partial charge in [-0.2, -0.15) is 0 Å². The van der Waals surface area contributed by atoms with Crippen molar-refractivity contribution in [3.63, 3.8) is 0 Å². The van der Waals surface area contributed by atoms with Crippen molar-refractivity contribution >= 4 is 65.2 Å². The van der Waals surface area contributed by atoms with Crippen LogP contribution in [0, 0.1) is 0 Å². The lowest BCUT2D eigenvalue weighted by atomic mass is 10.0. The van der Waals surface area contributed by atoms with Gasteiger partial charge < -0.3 is 9.13 Å². The zero-order valence-corrected chi connectivity index (χ0v) is 34.6. The molecule has 64 heavy (non-hydrogen) atoms. The standard InChI is InChI=1S/C59H37N5/c1-3-15-38(16-4-1)39-27-29-41(30-28-39)58-60-57(40-17-5-2-6-18-40)61-59(62-58)48-24-12-14-26-53(48)64-54-32-31-46(37-51(54)50-34-43-20-8-10-22-45(43)36-56(50)64)63-52-25-13-11-23-47(52)49-33-42-19-7-9-21-44(42)35-55(49)63/h1-37H. The molecule has 0 atom stereocenters. The minimum Gasteiger partial charge on any atom is -0.309 e. The Hall–Kier alpha value is -8.67. The van der Waals surface area contributed by atoms with Crippen molar-refractivity contribution in [1.29, 1.82) is 0 Å². The van der Waals surface area contributed by atoms with Crippen LogP contribution in [0.3, 0.4) is 0 Å². The van der Waals surface area contributed by atoms with Gasteiger partial charge in [0.15, 0.2) is 17.5 Å². The van der Waals surface area contributed by atoms with Gasteiger partial charge in [0.1, 0.15) is 0 Å². The van der Waals surface area contributed by atoms with Crippen molar-refractivity contribution in [3.8, 4) is 56.7 Å². The summed E-state index contributed by atoms with van der Waals surface area (Å²) in [6.07, 6.45) is 0. The summed E-state index contributed by atoms with van der Waals surface area (Å²) in [6, 6.07) is 80.0. The van der Waals surface area contributed by atoms with Crippen LogP contribution < -0.4 is 0 Å². The first-order chi connectivity index (χ1) is 31.7. The van der Waals surface area contributed by atoms with Crippen LogP contribution in [0.25, 0.3) is 122 Å². The molecule has 13 rings (SSSR count). The zero-order valence-electron chi connectivity index (χ0n) is 34.6. The molecule has 298 valence electrons. The van der Waals surface area contributed by atoms with E-state index in [0.717, 1.165) is 44.7 Å². The summed E-state index contributed by atoms with van der Waals surface area (Å²) in [5, 5.41) is 9.67. The van der Waals surface area contributed by atoms with E-state index in [9.17, 15) is 0 Å². The summed E-state index contributed by atoms with van der Waals surface area (Å²) in [6.45, 7) is 0. The van der Waals surface area contributed by atoms with Gasteiger partial charge in [0.05, 0.1) is 27.8 Å². The third kappa shape index (κ3) is 5.83. The molecule has 10 aromatic carbocycles. The maximum atomic E-state index is 5.27. The third-order valence-electron chi connectivity index (χ3n) is 12.7. The average molecular weight is 816 g/mol. The SMILES string of the molecule is c1ccc(-c2ccc(-c3nc(-c4ccccc4)nc(-c4ccccc4-n4c5ccc(-n6c7ccccc7c7cc8ccccc8cc76)cc5c5cc6ccccc6cc54)n3)cc2)cc1. The minimum absolute atomic E-state index is 0.608. The molecule has 0 N–H and O–H groups in total. The number of rotatable bonds is 6. The summed E-state index contributed by atoms with van der Waals surface area (Å²) in [7, 11) is 0. The predicted octanol–water partition coefficient (Wildman–Crippen LogP) is 15.0. The Labute approximate surface area is 368 Å². The highest BCUT2D eigenvalue weighted by molar-refractivity contribution is 6.16. The molecular formula is C59H37N5. The highest BCUT2D eigenvalue weighted by atomic mass is 15.1. The summed E-state index contributed by atoms with van der Waals surface area (Å²) >= 11 is 0. The maximum Gasteiger partial charge on any atom is 0.166 e. The van der Waals surface area contributed by atoms with Crippen molar-refractivity contribution < 1.29 is 0 Å². The van der Waals surface area contributed by atoms with Crippen LogP contribution in [-0.2, 0) is 0 Å². The number of benzene rings is 10. The Balaban J connectivity index is 1.04. The molecule has 5 nitrogen and oxygen atoms in total. The van der Waals surface area contributed by atoms with Crippen LogP contribution in [0.4, 0.5) is 0 Å². The molecule has 3 aromatic heterocycles. The van der Waals surface area contributed by atoms with E-state index in [2.05, 4.69) is 209 Å². The normalized spacial score (nSPS) is 11.8. The molecule has 3 heterocycles. The lowest BCUT2D eigenvalue weighted by Gasteiger charge is -2.15. The fourth-order valence-corrected chi connectivity index (χ4v) is 9.67. The Morgan fingerprint density at radius 1 is 0.266 bits per heavy atom. The Bertz CT molecular complexity index is 3940. The van der Waals surface area contributed by atoms with E-state index in [1.54, 1.807) is 0 Å². The second kappa shape index (κ2) is 14.5. The van der Waals surface area contributed by atoms with E-state index in [1.165, 1.54) is 59.7 Å². The van der Waals surface area contributed by atoms with E-state index in [-0.39, 0.29) is 0 Å². The predicted molar refractivity (Wildman–Crippen MR) is 265 cm³/mol. The summed E-state index contributed by atoms with van der Waals surface area (Å²) in [4.78, 5) is 15.6. The molecule has 5 heteroatoms. The number of aromatic nitrogens is 5. The van der Waals surface area contributed by atoms with Gasteiger partial charge in [0, 0.05) is 43.9 Å². The summed E-state index contributed by atoms with van der Waals surface area (Å²) < 4.78 is 4.83. The topological polar surface area (TPSA) is 48.5 Å². The fourth-order valence-electron chi connectivity index (χ4n) is 9.67. The quantitative estimate of drug-likeness (QED) is 0.168. The second-order valence-electron chi connectivity index (χ2n) is 16.5. The molecular weight excluding hydrogens is 779 g/mol. The molecule has 13 aromatic rings. The Morgan fingerprint density at radius 2 is 0.719 bits per heavy atom. The van der Waals surface area contributed by atoms with Gasteiger partial charge in [-0.05, 0) is 93.3 Å². The Morgan fingerprint density at radius 3 is 1.41 bits per heavy atom. The molecule has 0 unspecified atom stereocenters. The van der Waals surface area contributed by atoms with Gasteiger partial charge in [-0.25, -0.2) is 15.0 Å². The molecule has 0 bridgehead atoms. The van der Waals surface area contributed by atoms with Gasteiger partial charge >= 0.3 is 0 Å². The molecule has 0 aliphatic heterocycles.